The van der Waals surface area contributed by atoms with Gasteiger partial charge >= 0.3 is 261 Å². The molecule has 8 aromatic rings. The third-order valence-electron chi connectivity index (χ3n) is 10.9. The zero-order valence-electron chi connectivity index (χ0n) is 29.4. The molecule has 0 fully saturated rings. The Balaban J connectivity index is 1.10. The molecule has 6 heterocycles. The molecule has 256 valence electrons. The number of benzene rings is 4. The third-order valence-corrected chi connectivity index (χ3v) is 12.0. The van der Waals surface area contributed by atoms with Gasteiger partial charge in [-0.05, 0) is 17.5 Å². The number of fused-ring (bicyclic) bond motifs is 3. The van der Waals surface area contributed by atoms with E-state index in [-0.39, 0.29) is 0 Å². The molecule has 0 radical (unpaired) electrons. The predicted octanol–water partition coefficient (Wildman–Crippen LogP) is 10.7. The van der Waals surface area contributed by atoms with Gasteiger partial charge in [0, 0.05) is 6.20 Å². The Morgan fingerprint density at radius 1 is 0.667 bits per heavy atom. The number of ether oxygens (including phenoxy) is 1. The third kappa shape index (κ3) is 5.50. The summed E-state index contributed by atoms with van der Waals surface area (Å²) < 4.78 is 14.9. The Morgan fingerprint density at radius 2 is 1.39 bits per heavy atom. The first kappa shape index (κ1) is 32.0. The molecule has 0 N–H and O–H groups in total. The number of para-hydroxylation sites is 1. The van der Waals surface area contributed by atoms with Gasteiger partial charge in [0.25, 0.3) is 0 Å². The number of hydrogen-bond acceptors (Lipinski definition) is 2. The normalized spacial score (nSPS) is 13.1. The van der Waals surface area contributed by atoms with E-state index in [2.05, 4.69) is 164 Å². The number of imidazole rings is 1. The molecule has 0 saturated carbocycles. The van der Waals surface area contributed by atoms with Crippen LogP contribution in [0.2, 0.25) is 0 Å². The van der Waals surface area contributed by atoms with E-state index in [0.29, 0.717) is 5.92 Å². The van der Waals surface area contributed by atoms with Gasteiger partial charge in [-0.1, -0.05) is 26.0 Å². The van der Waals surface area contributed by atoms with E-state index in [9.17, 15) is 0 Å². The molecule has 0 spiro atoms. The number of hydrogen-bond donors (Lipinski definition) is 0. The molecule has 2 aliphatic heterocycles. The van der Waals surface area contributed by atoms with Gasteiger partial charge in [0.15, 0.2) is 0 Å². The van der Waals surface area contributed by atoms with Crippen LogP contribution in [0.1, 0.15) is 58.8 Å². The predicted molar refractivity (Wildman–Crippen MR) is 203 cm³/mol. The maximum atomic E-state index is 6.65. The Morgan fingerprint density at radius 3 is 2.22 bits per heavy atom. The summed E-state index contributed by atoms with van der Waals surface area (Å²) in [6, 6.07) is 37.1. The quantitative estimate of drug-likeness (QED) is 0.173. The second kappa shape index (κ2) is 12.7. The Hall–Kier alpha value is -4.99. The van der Waals surface area contributed by atoms with Crippen LogP contribution in [0.5, 0.6) is 11.5 Å². The van der Waals surface area contributed by atoms with Crippen molar-refractivity contribution < 1.29 is 24.1 Å². The Bertz CT molecular complexity index is 2710. The topological polar surface area (TPSA) is 36.4 Å². The average molecular weight is 848 g/mol. The van der Waals surface area contributed by atoms with Crippen molar-refractivity contribution in [2.24, 2.45) is 0 Å². The van der Waals surface area contributed by atoms with E-state index >= 15 is 0 Å². The Kier molecular flexibility index (Phi) is 7.93. The molecule has 4 aromatic carbocycles. The van der Waals surface area contributed by atoms with Crippen molar-refractivity contribution in [3.05, 3.63) is 158 Å². The molecule has 4 aromatic heterocycles. The molecule has 0 unspecified atom stereocenters. The second-order valence-corrected chi connectivity index (χ2v) is 15.2. The summed E-state index contributed by atoms with van der Waals surface area (Å²) in [5.74, 6) is 2.92. The number of rotatable bonds is 5. The Labute approximate surface area is 309 Å². The van der Waals surface area contributed by atoms with Gasteiger partial charge in [0.1, 0.15) is 0 Å². The standard InChI is InChI=1S/C45H40N4O.Pt/c1-29(2)35-22-23-46-45(24-35)49-42-11-6-5-10-40(42)41-21-20-39(26-43(41)49)50-38-9-7-8-37(25-38)47-27-44-34-15-14-32-12-13-33(31(4)30(32)3)16-18-36(19-17-34)48(44)28-47;/h5-13,17,19-27,29H,14-16,18H2,1-4H3;. The first-order valence-corrected chi connectivity index (χ1v) is 19.0. The van der Waals surface area contributed by atoms with E-state index < -0.39 is 0 Å². The van der Waals surface area contributed by atoms with Crippen molar-refractivity contribution in [3.63, 3.8) is 0 Å². The van der Waals surface area contributed by atoms with E-state index in [1.807, 2.05) is 12.3 Å². The van der Waals surface area contributed by atoms with Gasteiger partial charge < -0.3 is 0 Å². The molecule has 0 amide bonds. The van der Waals surface area contributed by atoms with Crippen LogP contribution in [0, 0.1) is 17.7 Å². The summed E-state index contributed by atoms with van der Waals surface area (Å²) in [5, 5.41) is 2.38. The van der Waals surface area contributed by atoms with Gasteiger partial charge in [-0.25, -0.2) is 0 Å². The van der Waals surface area contributed by atoms with Crippen molar-refractivity contribution >= 4 is 27.3 Å². The van der Waals surface area contributed by atoms with E-state index in [0.717, 1.165) is 59.7 Å². The van der Waals surface area contributed by atoms with Crippen LogP contribution in [-0.2, 0) is 45.0 Å². The molecule has 0 saturated heterocycles. The van der Waals surface area contributed by atoms with E-state index in [1.54, 1.807) is 0 Å². The molecule has 2 aliphatic carbocycles. The van der Waals surface area contributed by atoms with Gasteiger partial charge in [-0.3, -0.25) is 0 Å². The van der Waals surface area contributed by atoms with Crippen molar-refractivity contribution in [1.29, 1.82) is 0 Å². The summed E-state index contributed by atoms with van der Waals surface area (Å²) in [7, 11) is 0. The van der Waals surface area contributed by atoms with Crippen LogP contribution in [0.3, 0.4) is 0 Å². The van der Waals surface area contributed by atoms with Crippen molar-refractivity contribution in [2.75, 3.05) is 0 Å². The molecule has 5 nitrogen and oxygen atoms in total. The number of aryl methyl sites for hydroxylation is 4. The van der Waals surface area contributed by atoms with Crippen molar-refractivity contribution in [2.45, 2.75) is 59.3 Å². The number of aromatic nitrogens is 4. The summed E-state index contributed by atoms with van der Waals surface area (Å²) in [6.07, 6.45) is 8.29. The van der Waals surface area contributed by atoms with Crippen LogP contribution >= 0.6 is 0 Å². The fourth-order valence-electron chi connectivity index (χ4n) is 7.87. The summed E-state index contributed by atoms with van der Waals surface area (Å²) >= 11 is 2.50. The van der Waals surface area contributed by atoms with Crippen LogP contribution < -0.4 is 4.74 Å². The first-order chi connectivity index (χ1) is 24.8. The molecule has 4 bridgehead atoms. The van der Waals surface area contributed by atoms with Gasteiger partial charge in [-0.15, -0.1) is 0 Å². The van der Waals surface area contributed by atoms with Crippen LogP contribution in [0.15, 0.2) is 116 Å². The molecular weight excluding hydrogens is 808 g/mol. The maximum absolute atomic E-state index is 6.65. The molecule has 6 heteroatoms. The SMILES string of the molecule is Cc1c2ccc(c1C)CCc1ccc(c3cn(-c4cccc(Oc5ccc6c7ccccc7n(-c7cc(C(C)C)ccn7)c6c5)c4)[c](=[Pt])n13)CC2. The van der Waals surface area contributed by atoms with Crippen LogP contribution in [-0.4, -0.2) is 18.5 Å². The fraction of sp³-hybridized carbons (Fsp3) is 0.200. The second-order valence-electron chi connectivity index (χ2n) is 14.2. The minimum atomic E-state index is 0.412. The molecular formula is C45H40N4OPt. The minimum absolute atomic E-state index is 0.412. The van der Waals surface area contributed by atoms with Crippen LogP contribution in [0.25, 0.3) is 38.8 Å². The zero-order chi connectivity index (χ0) is 34.8. The first-order valence-electron chi connectivity index (χ1n) is 17.9. The van der Waals surface area contributed by atoms with Gasteiger partial charge in [0.2, 0.25) is 0 Å². The molecule has 12 rings (SSSR count). The van der Waals surface area contributed by atoms with E-state index in [1.165, 1.54) is 59.2 Å². The van der Waals surface area contributed by atoms with Crippen molar-refractivity contribution in [1.82, 2.24) is 18.5 Å². The average Bonchev–Trinajstić information content (AvgIpc) is 3.66. The number of pyridine rings is 2. The summed E-state index contributed by atoms with van der Waals surface area (Å²) in [5.41, 5.74) is 14.4. The summed E-state index contributed by atoms with van der Waals surface area (Å²) in [6.45, 7) is 9.03. The monoisotopic (exact) mass is 847 g/mol. The zero-order valence-corrected chi connectivity index (χ0v) is 31.7. The van der Waals surface area contributed by atoms with Crippen molar-refractivity contribution in [3.8, 4) is 23.0 Å². The van der Waals surface area contributed by atoms with E-state index in [4.69, 9.17) is 9.72 Å². The fourth-order valence-corrected chi connectivity index (χ4v) is 8.91. The summed E-state index contributed by atoms with van der Waals surface area (Å²) in [4.78, 5) is 4.82. The van der Waals surface area contributed by atoms with Gasteiger partial charge in [0.05, 0.1) is 0 Å². The number of nitrogens with zero attached hydrogens (tertiary/aromatic N) is 4. The van der Waals surface area contributed by atoms with Crippen LogP contribution in [0.4, 0.5) is 0 Å². The van der Waals surface area contributed by atoms with Gasteiger partial charge in [-0.2, -0.15) is 0 Å². The molecule has 0 atom stereocenters. The molecule has 4 aliphatic rings. The molecule has 51 heavy (non-hydrogen) atoms.